The van der Waals surface area contributed by atoms with Crippen LogP contribution in [0, 0.1) is 0 Å². The number of hydrogen-bond donors (Lipinski definition) is 1. The molecule has 5 nitrogen and oxygen atoms in total. The van der Waals surface area contributed by atoms with Crippen LogP contribution in [0.25, 0.3) is 0 Å². The Hall–Kier alpha value is -1.52. The normalized spacial score (nSPS) is 12.5. The smallest absolute Gasteiger partial charge is 0.359 e. The molecular weight excluding hydrogens is 182 g/mol. The van der Waals surface area contributed by atoms with Crippen LogP contribution in [-0.2, 0) is 11.8 Å². The summed E-state index contributed by atoms with van der Waals surface area (Å²) < 4.78 is 6.54. The fourth-order valence-corrected chi connectivity index (χ4v) is 1.03. The van der Waals surface area contributed by atoms with E-state index in [1.807, 2.05) is 13.8 Å². The number of ether oxygens (including phenoxy) is 1. The third kappa shape index (κ3) is 2.04. The fourth-order valence-electron chi connectivity index (χ4n) is 1.03. The predicted molar refractivity (Wildman–Crippen MR) is 52.8 cm³/mol. The maximum absolute atomic E-state index is 11.6. The van der Waals surface area contributed by atoms with Crippen molar-refractivity contribution < 1.29 is 9.53 Å². The molecule has 0 aliphatic rings. The first kappa shape index (κ1) is 10.6. The number of aryl methyl sites for hydroxylation is 1. The molecule has 0 saturated carbocycles. The van der Waals surface area contributed by atoms with Gasteiger partial charge in [-0.25, -0.2) is 4.79 Å². The monoisotopic (exact) mass is 197 g/mol. The molecule has 14 heavy (non-hydrogen) atoms. The van der Waals surface area contributed by atoms with E-state index in [0.29, 0.717) is 11.4 Å². The maximum Gasteiger partial charge on any atom is 0.359 e. The van der Waals surface area contributed by atoms with Crippen LogP contribution >= 0.6 is 0 Å². The largest absolute Gasteiger partial charge is 0.458 e. The minimum absolute atomic E-state index is 0.100. The molecule has 0 fully saturated rings. The second-order valence-corrected chi connectivity index (χ2v) is 3.20. The van der Waals surface area contributed by atoms with Gasteiger partial charge < -0.3 is 10.5 Å². The van der Waals surface area contributed by atoms with E-state index < -0.39 is 5.97 Å². The van der Waals surface area contributed by atoms with Crippen LogP contribution in [-0.4, -0.2) is 21.9 Å². The number of nitrogens with zero attached hydrogens (tertiary/aromatic N) is 2. The summed E-state index contributed by atoms with van der Waals surface area (Å²) in [5.74, 6) is -0.420. The van der Waals surface area contributed by atoms with Gasteiger partial charge in [0.05, 0.1) is 18.0 Å². The molecule has 1 heterocycles. The number of nitrogens with two attached hydrogens (primary N) is 1. The average molecular weight is 197 g/mol. The second kappa shape index (κ2) is 4.13. The Morgan fingerprint density at radius 2 is 2.43 bits per heavy atom. The Labute approximate surface area is 82.8 Å². The van der Waals surface area contributed by atoms with E-state index in [4.69, 9.17) is 10.5 Å². The first-order valence-corrected chi connectivity index (χ1v) is 4.54. The topological polar surface area (TPSA) is 70.1 Å². The molecule has 0 spiro atoms. The summed E-state index contributed by atoms with van der Waals surface area (Å²) in [5.41, 5.74) is 6.23. The molecule has 0 aromatic carbocycles. The first-order chi connectivity index (χ1) is 6.56. The standard InChI is InChI=1S/C9H15N3O2/c1-4-6(2)14-9(13)8-7(10)5-11-12(8)3/h5-6H,4,10H2,1-3H3. The molecule has 78 valence electrons. The lowest BCUT2D eigenvalue weighted by atomic mass is 10.3. The molecule has 1 aromatic heterocycles. The van der Waals surface area contributed by atoms with Crippen LogP contribution in [0.15, 0.2) is 6.20 Å². The average Bonchev–Trinajstić information content (AvgIpc) is 2.46. The first-order valence-electron chi connectivity index (χ1n) is 4.54. The Morgan fingerprint density at radius 3 is 2.86 bits per heavy atom. The number of carbonyl (C=O) groups is 1. The molecule has 0 amide bonds. The van der Waals surface area contributed by atoms with E-state index in [1.54, 1.807) is 7.05 Å². The van der Waals surface area contributed by atoms with Gasteiger partial charge in [-0.15, -0.1) is 0 Å². The lowest BCUT2D eigenvalue weighted by Gasteiger charge is -2.10. The van der Waals surface area contributed by atoms with Crippen LogP contribution in [0.2, 0.25) is 0 Å². The quantitative estimate of drug-likeness (QED) is 0.732. The molecule has 1 atom stereocenters. The van der Waals surface area contributed by atoms with Gasteiger partial charge >= 0.3 is 5.97 Å². The van der Waals surface area contributed by atoms with Crippen LogP contribution in [0.1, 0.15) is 30.8 Å². The molecule has 5 heteroatoms. The number of carbonyl (C=O) groups excluding carboxylic acids is 1. The molecule has 0 saturated heterocycles. The number of nitrogen functional groups attached to an aromatic ring is 1. The van der Waals surface area contributed by atoms with Crippen molar-refractivity contribution in [3.8, 4) is 0 Å². The van der Waals surface area contributed by atoms with E-state index >= 15 is 0 Å². The maximum atomic E-state index is 11.6. The summed E-state index contributed by atoms with van der Waals surface area (Å²) in [4.78, 5) is 11.6. The van der Waals surface area contributed by atoms with Gasteiger partial charge in [-0.3, -0.25) is 4.68 Å². The number of aromatic nitrogens is 2. The van der Waals surface area contributed by atoms with Crippen molar-refractivity contribution in [1.82, 2.24) is 9.78 Å². The van der Waals surface area contributed by atoms with Gasteiger partial charge in [0.1, 0.15) is 0 Å². The van der Waals surface area contributed by atoms with Crippen molar-refractivity contribution in [2.45, 2.75) is 26.4 Å². The van der Waals surface area contributed by atoms with E-state index in [1.165, 1.54) is 10.9 Å². The zero-order chi connectivity index (χ0) is 10.7. The Kier molecular flexibility index (Phi) is 3.11. The SMILES string of the molecule is CCC(C)OC(=O)c1c(N)cnn1C. The van der Waals surface area contributed by atoms with Crippen LogP contribution in [0.3, 0.4) is 0 Å². The zero-order valence-electron chi connectivity index (χ0n) is 8.65. The Balaban J connectivity index is 2.79. The van der Waals surface area contributed by atoms with Crippen molar-refractivity contribution in [1.29, 1.82) is 0 Å². The molecule has 1 rings (SSSR count). The van der Waals surface area contributed by atoms with Crippen molar-refractivity contribution in [3.63, 3.8) is 0 Å². The summed E-state index contributed by atoms with van der Waals surface area (Å²) in [6.45, 7) is 3.79. The fraction of sp³-hybridized carbons (Fsp3) is 0.556. The van der Waals surface area contributed by atoms with Gasteiger partial charge in [0.15, 0.2) is 5.69 Å². The third-order valence-corrected chi connectivity index (χ3v) is 2.04. The van der Waals surface area contributed by atoms with Crippen LogP contribution < -0.4 is 5.73 Å². The lowest BCUT2D eigenvalue weighted by Crippen LogP contribution is -2.18. The number of esters is 1. The Bertz CT molecular complexity index is 313. The van der Waals surface area contributed by atoms with E-state index in [9.17, 15) is 4.79 Å². The number of hydrogen-bond acceptors (Lipinski definition) is 4. The van der Waals surface area contributed by atoms with E-state index in [-0.39, 0.29) is 6.10 Å². The van der Waals surface area contributed by atoms with Crippen molar-refractivity contribution in [2.75, 3.05) is 5.73 Å². The summed E-state index contributed by atoms with van der Waals surface area (Å²) in [6.07, 6.45) is 2.12. The zero-order valence-corrected chi connectivity index (χ0v) is 8.65. The minimum Gasteiger partial charge on any atom is -0.458 e. The van der Waals surface area contributed by atoms with Crippen LogP contribution in [0.5, 0.6) is 0 Å². The molecule has 2 N–H and O–H groups in total. The number of anilines is 1. The highest BCUT2D eigenvalue weighted by Crippen LogP contribution is 2.12. The highest BCUT2D eigenvalue weighted by Gasteiger charge is 2.18. The molecule has 1 aromatic rings. The number of rotatable bonds is 3. The van der Waals surface area contributed by atoms with Crippen LogP contribution in [0.4, 0.5) is 5.69 Å². The summed E-state index contributed by atoms with van der Waals surface area (Å²) >= 11 is 0. The molecule has 0 aliphatic carbocycles. The van der Waals surface area contributed by atoms with Crippen molar-refractivity contribution in [2.24, 2.45) is 7.05 Å². The van der Waals surface area contributed by atoms with Gasteiger partial charge in [-0.05, 0) is 13.3 Å². The highest BCUT2D eigenvalue weighted by molar-refractivity contribution is 5.93. The van der Waals surface area contributed by atoms with Crippen molar-refractivity contribution >= 4 is 11.7 Å². The second-order valence-electron chi connectivity index (χ2n) is 3.20. The highest BCUT2D eigenvalue weighted by atomic mass is 16.5. The Morgan fingerprint density at radius 1 is 1.79 bits per heavy atom. The van der Waals surface area contributed by atoms with E-state index in [2.05, 4.69) is 5.10 Å². The molecule has 0 radical (unpaired) electrons. The predicted octanol–water partition coefficient (Wildman–Crippen LogP) is 0.958. The van der Waals surface area contributed by atoms with Gasteiger partial charge in [0.2, 0.25) is 0 Å². The summed E-state index contributed by atoms with van der Waals surface area (Å²) in [7, 11) is 1.66. The van der Waals surface area contributed by atoms with Gasteiger partial charge in [0, 0.05) is 7.05 Å². The summed E-state index contributed by atoms with van der Waals surface area (Å²) in [6, 6.07) is 0. The molecular formula is C9H15N3O2. The van der Waals surface area contributed by atoms with Crippen molar-refractivity contribution in [3.05, 3.63) is 11.9 Å². The third-order valence-electron chi connectivity index (χ3n) is 2.04. The molecule has 0 aliphatic heterocycles. The van der Waals surface area contributed by atoms with E-state index in [0.717, 1.165) is 6.42 Å². The van der Waals surface area contributed by atoms with Gasteiger partial charge in [-0.1, -0.05) is 6.92 Å². The minimum atomic E-state index is -0.420. The molecule has 0 bridgehead atoms. The van der Waals surface area contributed by atoms with Gasteiger partial charge in [-0.2, -0.15) is 5.10 Å². The lowest BCUT2D eigenvalue weighted by molar-refractivity contribution is 0.0323. The molecule has 1 unspecified atom stereocenters. The summed E-state index contributed by atoms with van der Waals surface area (Å²) in [5, 5.41) is 3.86. The van der Waals surface area contributed by atoms with Gasteiger partial charge in [0.25, 0.3) is 0 Å².